The van der Waals surface area contributed by atoms with Gasteiger partial charge in [-0.15, -0.1) is 0 Å². The normalized spacial score (nSPS) is 11.1. The fraction of sp³-hybridized carbons (Fsp3) is 0.923. The Morgan fingerprint density at radius 2 is 1.53 bits per heavy atom. The second-order valence-corrected chi connectivity index (χ2v) is 5.19. The molecular weight excluding hydrogens is 186 g/mol. The van der Waals surface area contributed by atoms with Crippen molar-refractivity contribution in [3.8, 4) is 0 Å². The summed E-state index contributed by atoms with van der Waals surface area (Å²) >= 11 is 0. The highest BCUT2D eigenvalue weighted by Crippen LogP contribution is 2.07. The quantitative estimate of drug-likeness (QED) is 0.635. The van der Waals surface area contributed by atoms with Crippen LogP contribution in [0.15, 0.2) is 0 Å². The predicted octanol–water partition coefficient (Wildman–Crippen LogP) is 3.32. The SMILES string of the molecule is CCCCC(=O)N(CC(C)C)CC(C)C. The van der Waals surface area contributed by atoms with Crippen LogP contribution in [-0.4, -0.2) is 23.9 Å². The molecule has 1 amide bonds. The minimum absolute atomic E-state index is 0.333. The van der Waals surface area contributed by atoms with Gasteiger partial charge >= 0.3 is 0 Å². The molecule has 0 aromatic carbocycles. The minimum atomic E-state index is 0.333. The van der Waals surface area contributed by atoms with E-state index >= 15 is 0 Å². The van der Waals surface area contributed by atoms with Gasteiger partial charge in [0, 0.05) is 19.5 Å². The number of carbonyl (C=O) groups is 1. The van der Waals surface area contributed by atoms with Gasteiger partial charge in [-0.05, 0) is 18.3 Å². The highest BCUT2D eigenvalue weighted by molar-refractivity contribution is 5.76. The molecule has 0 saturated carbocycles. The van der Waals surface area contributed by atoms with Gasteiger partial charge in [0.1, 0.15) is 0 Å². The van der Waals surface area contributed by atoms with Crippen molar-refractivity contribution < 1.29 is 4.79 Å². The van der Waals surface area contributed by atoms with E-state index in [-0.39, 0.29) is 0 Å². The Hall–Kier alpha value is -0.530. The summed E-state index contributed by atoms with van der Waals surface area (Å²) in [4.78, 5) is 13.9. The summed E-state index contributed by atoms with van der Waals surface area (Å²) in [5.74, 6) is 1.46. The van der Waals surface area contributed by atoms with Crippen LogP contribution >= 0.6 is 0 Å². The second-order valence-electron chi connectivity index (χ2n) is 5.19. The predicted molar refractivity (Wildman–Crippen MR) is 65.8 cm³/mol. The lowest BCUT2D eigenvalue weighted by atomic mass is 10.1. The lowest BCUT2D eigenvalue weighted by Crippen LogP contribution is -2.36. The molecule has 0 fully saturated rings. The summed E-state index contributed by atoms with van der Waals surface area (Å²) in [6.45, 7) is 12.6. The van der Waals surface area contributed by atoms with Crippen LogP contribution in [0.25, 0.3) is 0 Å². The van der Waals surface area contributed by atoms with Gasteiger partial charge in [-0.3, -0.25) is 4.79 Å². The molecule has 0 unspecified atom stereocenters. The Labute approximate surface area is 95.0 Å². The topological polar surface area (TPSA) is 20.3 Å². The molecule has 0 aliphatic heterocycles. The van der Waals surface area contributed by atoms with Gasteiger partial charge in [-0.25, -0.2) is 0 Å². The Morgan fingerprint density at radius 1 is 1.07 bits per heavy atom. The van der Waals surface area contributed by atoms with Crippen molar-refractivity contribution in [2.24, 2.45) is 11.8 Å². The van der Waals surface area contributed by atoms with E-state index < -0.39 is 0 Å². The summed E-state index contributed by atoms with van der Waals surface area (Å²) in [6, 6.07) is 0. The average molecular weight is 213 g/mol. The standard InChI is InChI=1S/C13H27NO/c1-6-7-8-13(15)14(9-11(2)3)10-12(4)5/h11-12H,6-10H2,1-5H3. The molecule has 0 aromatic rings. The van der Waals surface area contributed by atoms with E-state index in [9.17, 15) is 4.79 Å². The number of hydrogen-bond donors (Lipinski definition) is 0. The van der Waals surface area contributed by atoms with E-state index in [1.807, 2.05) is 4.90 Å². The van der Waals surface area contributed by atoms with E-state index in [0.29, 0.717) is 17.7 Å². The van der Waals surface area contributed by atoms with Crippen LogP contribution < -0.4 is 0 Å². The summed E-state index contributed by atoms with van der Waals surface area (Å²) in [5, 5.41) is 0. The van der Waals surface area contributed by atoms with Crippen LogP contribution in [0.4, 0.5) is 0 Å². The van der Waals surface area contributed by atoms with Crippen molar-refractivity contribution >= 4 is 5.91 Å². The molecule has 0 radical (unpaired) electrons. The molecule has 0 aliphatic rings. The van der Waals surface area contributed by atoms with E-state index in [1.54, 1.807) is 0 Å². The zero-order valence-electron chi connectivity index (χ0n) is 11.0. The van der Waals surface area contributed by atoms with Gasteiger partial charge < -0.3 is 4.90 Å². The molecule has 0 bridgehead atoms. The highest BCUT2D eigenvalue weighted by Gasteiger charge is 2.15. The van der Waals surface area contributed by atoms with Gasteiger partial charge in [0.25, 0.3) is 0 Å². The van der Waals surface area contributed by atoms with Crippen LogP contribution in [0.2, 0.25) is 0 Å². The van der Waals surface area contributed by atoms with E-state index in [0.717, 1.165) is 32.4 Å². The second kappa shape index (κ2) is 7.72. The number of carbonyl (C=O) groups excluding carboxylic acids is 1. The average Bonchev–Trinajstić information content (AvgIpc) is 2.11. The van der Waals surface area contributed by atoms with E-state index in [2.05, 4.69) is 34.6 Å². The van der Waals surface area contributed by atoms with E-state index in [1.165, 1.54) is 0 Å². The van der Waals surface area contributed by atoms with Crippen molar-refractivity contribution in [3.63, 3.8) is 0 Å². The molecule has 90 valence electrons. The van der Waals surface area contributed by atoms with Gasteiger partial charge in [0.15, 0.2) is 0 Å². The smallest absolute Gasteiger partial charge is 0.222 e. The van der Waals surface area contributed by atoms with Crippen LogP contribution in [0, 0.1) is 11.8 Å². The summed E-state index contributed by atoms with van der Waals surface area (Å²) in [7, 11) is 0. The molecule has 0 aliphatic carbocycles. The first-order chi connectivity index (χ1) is 6.97. The molecule has 0 rings (SSSR count). The highest BCUT2D eigenvalue weighted by atomic mass is 16.2. The maximum atomic E-state index is 11.9. The molecule has 2 nitrogen and oxygen atoms in total. The number of unbranched alkanes of at least 4 members (excludes halogenated alkanes) is 1. The summed E-state index contributed by atoms with van der Waals surface area (Å²) in [6.07, 6.45) is 2.84. The molecule has 0 saturated heterocycles. The van der Waals surface area contributed by atoms with Gasteiger partial charge in [-0.1, -0.05) is 41.0 Å². The minimum Gasteiger partial charge on any atom is -0.342 e. The first-order valence-corrected chi connectivity index (χ1v) is 6.25. The van der Waals surface area contributed by atoms with Crippen LogP contribution in [0.5, 0.6) is 0 Å². The maximum Gasteiger partial charge on any atom is 0.222 e. The first kappa shape index (κ1) is 14.5. The van der Waals surface area contributed by atoms with Crippen molar-refractivity contribution in [1.82, 2.24) is 4.90 Å². The number of rotatable bonds is 7. The molecule has 0 heterocycles. The van der Waals surface area contributed by atoms with Crippen molar-refractivity contribution in [2.45, 2.75) is 53.9 Å². The number of nitrogens with zero attached hydrogens (tertiary/aromatic N) is 1. The summed E-state index contributed by atoms with van der Waals surface area (Å²) in [5.41, 5.74) is 0. The van der Waals surface area contributed by atoms with E-state index in [4.69, 9.17) is 0 Å². The molecule has 2 heteroatoms. The van der Waals surface area contributed by atoms with Crippen molar-refractivity contribution in [3.05, 3.63) is 0 Å². The van der Waals surface area contributed by atoms with Crippen molar-refractivity contribution in [2.75, 3.05) is 13.1 Å². The third-order valence-electron chi connectivity index (χ3n) is 2.27. The summed E-state index contributed by atoms with van der Waals surface area (Å²) < 4.78 is 0. The van der Waals surface area contributed by atoms with Gasteiger partial charge in [0.2, 0.25) is 5.91 Å². The van der Waals surface area contributed by atoms with Gasteiger partial charge in [0.05, 0.1) is 0 Å². The third-order valence-corrected chi connectivity index (χ3v) is 2.27. The van der Waals surface area contributed by atoms with Crippen LogP contribution in [0.3, 0.4) is 0 Å². The largest absolute Gasteiger partial charge is 0.342 e. The Morgan fingerprint density at radius 3 is 1.87 bits per heavy atom. The Bertz CT molecular complexity index is 165. The molecule has 0 N–H and O–H groups in total. The van der Waals surface area contributed by atoms with Crippen LogP contribution in [-0.2, 0) is 4.79 Å². The monoisotopic (exact) mass is 213 g/mol. The Balaban J connectivity index is 4.14. The molecule has 15 heavy (non-hydrogen) atoms. The van der Waals surface area contributed by atoms with Crippen molar-refractivity contribution in [1.29, 1.82) is 0 Å². The third kappa shape index (κ3) is 7.40. The zero-order chi connectivity index (χ0) is 11.8. The number of hydrogen-bond acceptors (Lipinski definition) is 1. The Kier molecular flexibility index (Phi) is 7.45. The fourth-order valence-electron chi connectivity index (χ4n) is 1.65. The molecule has 0 atom stereocenters. The lowest BCUT2D eigenvalue weighted by Gasteiger charge is -2.26. The van der Waals surface area contributed by atoms with Crippen LogP contribution in [0.1, 0.15) is 53.9 Å². The molecule has 0 aromatic heterocycles. The molecule has 0 spiro atoms. The van der Waals surface area contributed by atoms with Gasteiger partial charge in [-0.2, -0.15) is 0 Å². The number of amides is 1. The lowest BCUT2D eigenvalue weighted by molar-refractivity contribution is -0.132. The first-order valence-electron chi connectivity index (χ1n) is 6.25. The zero-order valence-corrected chi connectivity index (χ0v) is 11.0. The fourth-order valence-corrected chi connectivity index (χ4v) is 1.65. The maximum absolute atomic E-state index is 11.9. The molecular formula is C13H27NO.